The Kier molecular flexibility index (Phi) is 8.33. The number of hydrogen-bond donors (Lipinski definition) is 0. The molecule has 0 spiro atoms. The van der Waals surface area contributed by atoms with Crippen LogP contribution in [0, 0.1) is 0 Å². The summed E-state index contributed by atoms with van der Waals surface area (Å²) in [7, 11) is 3.28. The number of pyridine rings is 1. The molecule has 2 saturated heterocycles. The highest BCUT2D eigenvalue weighted by Gasteiger charge is 2.29. The number of carbonyl (C=O) groups excluding carboxylic acids is 2. The lowest BCUT2D eigenvalue weighted by atomic mass is 10.0. The number of aromatic nitrogens is 1. The summed E-state index contributed by atoms with van der Waals surface area (Å²) in [6.45, 7) is 5.63. The molecule has 43 heavy (non-hydrogen) atoms. The highest BCUT2D eigenvalue weighted by Crippen LogP contribution is 2.36. The molecule has 0 bridgehead atoms. The highest BCUT2D eigenvalue weighted by atomic mass is 16.5. The average molecular weight is 583 g/mol. The van der Waals surface area contributed by atoms with Gasteiger partial charge >= 0.3 is 0 Å². The van der Waals surface area contributed by atoms with Crippen LogP contribution in [0.15, 0.2) is 60.7 Å². The van der Waals surface area contributed by atoms with E-state index in [1.807, 2.05) is 64.4 Å². The predicted molar refractivity (Wildman–Crippen MR) is 167 cm³/mol. The van der Waals surface area contributed by atoms with Gasteiger partial charge in [-0.3, -0.25) is 9.59 Å². The Balaban J connectivity index is 1.45. The molecule has 0 radical (unpaired) electrons. The Bertz CT molecular complexity index is 1640. The van der Waals surface area contributed by atoms with Crippen LogP contribution in [0.1, 0.15) is 35.7 Å². The molecular formula is C34H38N4O5. The first kappa shape index (κ1) is 28.7. The van der Waals surface area contributed by atoms with Crippen molar-refractivity contribution in [3.05, 3.63) is 71.8 Å². The van der Waals surface area contributed by atoms with E-state index in [0.29, 0.717) is 68.5 Å². The summed E-state index contributed by atoms with van der Waals surface area (Å²) in [5.74, 6) is 2.14. The van der Waals surface area contributed by atoms with Crippen molar-refractivity contribution in [2.24, 2.45) is 0 Å². The SMILES string of the molecule is COc1ccc(OC)c2nc(N3CCN(C(C)=O)CC3)c(CN(CC3CCCO3)C(=O)c3cccc4ccccc34)cc12. The maximum atomic E-state index is 14.4. The number of rotatable bonds is 8. The van der Waals surface area contributed by atoms with Gasteiger partial charge in [0.05, 0.1) is 20.3 Å². The quantitative estimate of drug-likeness (QED) is 0.292. The Morgan fingerprint density at radius 3 is 2.42 bits per heavy atom. The van der Waals surface area contributed by atoms with Gasteiger partial charge in [0.15, 0.2) is 0 Å². The summed E-state index contributed by atoms with van der Waals surface area (Å²) in [5, 5.41) is 2.77. The van der Waals surface area contributed by atoms with Crippen molar-refractivity contribution >= 4 is 39.3 Å². The second-order valence-corrected chi connectivity index (χ2v) is 11.2. The first-order valence-electron chi connectivity index (χ1n) is 14.9. The standard InChI is InChI=1S/C34H38N4O5/c1-23(39)36-15-17-37(18-16-36)33-25(20-29-30(41-2)13-14-31(42-3)32(29)35-33)21-38(22-26-10-7-19-43-26)34(40)28-12-6-9-24-8-4-5-11-27(24)28/h4-6,8-9,11-14,20,26H,7,10,15-19,21-22H2,1-3H3. The van der Waals surface area contributed by atoms with E-state index in [1.54, 1.807) is 21.1 Å². The van der Waals surface area contributed by atoms with Gasteiger partial charge in [-0.25, -0.2) is 4.98 Å². The van der Waals surface area contributed by atoms with Crippen molar-refractivity contribution in [1.82, 2.24) is 14.8 Å². The minimum Gasteiger partial charge on any atom is -0.496 e. The Morgan fingerprint density at radius 1 is 0.953 bits per heavy atom. The largest absolute Gasteiger partial charge is 0.496 e. The lowest BCUT2D eigenvalue weighted by Gasteiger charge is -2.36. The van der Waals surface area contributed by atoms with Crippen LogP contribution in [0.5, 0.6) is 11.5 Å². The molecule has 2 aliphatic rings. The monoisotopic (exact) mass is 582 g/mol. The normalized spacial score (nSPS) is 17.0. The minimum atomic E-state index is -0.0441. The van der Waals surface area contributed by atoms with Crippen LogP contribution in [0.25, 0.3) is 21.7 Å². The minimum absolute atomic E-state index is 0.0236. The van der Waals surface area contributed by atoms with Crippen molar-refractivity contribution in [2.75, 3.05) is 58.5 Å². The number of ether oxygens (including phenoxy) is 3. The molecule has 1 aromatic heterocycles. The van der Waals surface area contributed by atoms with E-state index in [0.717, 1.165) is 40.4 Å². The van der Waals surface area contributed by atoms with Crippen molar-refractivity contribution in [2.45, 2.75) is 32.4 Å². The van der Waals surface area contributed by atoms with Crippen LogP contribution in [0.2, 0.25) is 0 Å². The maximum absolute atomic E-state index is 14.4. The smallest absolute Gasteiger partial charge is 0.254 e. The van der Waals surface area contributed by atoms with Crippen LogP contribution in [0.4, 0.5) is 5.82 Å². The van der Waals surface area contributed by atoms with Gasteiger partial charge in [-0.05, 0) is 47.9 Å². The first-order valence-corrected chi connectivity index (χ1v) is 14.9. The zero-order chi connectivity index (χ0) is 29.9. The lowest BCUT2D eigenvalue weighted by molar-refractivity contribution is -0.129. The zero-order valence-corrected chi connectivity index (χ0v) is 25.0. The molecule has 0 N–H and O–H groups in total. The number of hydrogen-bond acceptors (Lipinski definition) is 7. The Hall–Kier alpha value is -4.37. The molecule has 1 unspecified atom stereocenters. The van der Waals surface area contributed by atoms with E-state index >= 15 is 0 Å². The third-order valence-electron chi connectivity index (χ3n) is 8.54. The molecule has 4 aromatic rings. The zero-order valence-electron chi connectivity index (χ0n) is 25.0. The molecule has 1 atom stereocenters. The van der Waals surface area contributed by atoms with E-state index in [4.69, 9.17) is 19.2 Å². The predicted octanol–water partition coefficient (Wildman–Crippen LogP) is 4.90. The second-order valence-electron chi connectivity index (χ2n) is 11.2. The van der Waals surface area contributed by atoms with Crippen molar-refractivity contribution in [3.8, 4) is 11.5 Å². The van der Waals surface area contributed by atoms with Crippen molar-refractivity contribution < 1.29 is 23.8 Å². The van der Waals surface area contributed by atoms with Gasteiger partial charge in [0.2, 0.25) is 5.91 Å². The molecule has 9 heteroatoms. The lowest BCUT2D eigenvalue weighted by Crippen LogP contribution is -2.48. The fourth-order valence-corrected chi connectivity index (χ4v) is 6.25. The Morgan fingerprint density at radius 2 is 1.70 bits per heavy atom. The molecule has 6 rings (SSSR count). The maximum Gasteiger partial charge on any atom is 0.254 e. The summed E-state index contributed by atoms with van der Waals surface area (Å²) in [5.41, 5.74) is 2.27. The molecule has 3 heterocycles. The van der Waals surface area contributed by atoms with Crippen LogP contribution < -0.4 is 14.4 Å². The average Bonchev–Trinajstić information content (AvgIpc) is 3.56. The third-order valence-corrected chi connectivity index (χ3v) is 8.54. The number of nitrogens with zero attached hydrogens (tertiary/aromatic N) is 4. The Labute approximate surface area is 251 Å². The molecule has 3 aromatic carbocycles. The molecule has 0 aliphatic carbocycles. The van der Waals surface area contributed by atoms with Crippen molar-refractivity contribution in [3.63, 3.8) is 0 Å². The third kappa shape index (κ3) is 5.82. The summed E-state index contributed by atoms with van der Waals surface area (Å²) in [6.07, 6.45) is 1.88. The number of carbonyl (C=O) groups is 2. The summed E-state index contributed by atoms with van der Waals surface area (Å²) < 4.78 is 17.4. The number of methoxy groups -OCH3 is 2. The molecule has 2 amide bonds. The van der Waals surface area contributed by atoms with E-state index in [1.165, 1.54) is 0 Å². The number of anilines is 1. The van der Waals surface area contributed by atoms with Crippen LogP contribution in [-0.4, -0.2) is 86.3 Å². The van der Waals surface area contributed by atoms with Gasteiger partial charge in [-0.1, -0.05) is 36.4 Å². The fourth-order valence-electron chi connectivity index (χ4n) is 6.25. The molecule has 224 valence electrons. The summed E-state index contributed by atoms with van der Waals surface area (Å²) >= 11 is 0. The fraction of sp³-hybridized carbons (Fsp3) is 0.382. The van der Waals surface area contributed by atoms with Gasteiger partial charge in [-0.2, -0.15) is 0 Å². The molecular weight excluding hydrogens is 544 g/mol. The van der Waals surface area contributed by atoms with Gasteiger partial charge in [0.25, 0.3) is 5.91 Å². The van der Waals surface area contributed by atoms with E-state index in [2.05, 4.69) is 11.0 Å². The van der Waals surface area contributed by atoms with Gasteiger partial charge in [-0.15, -0.1) is 0 Å². The number of amides is 2. The summed E-state index contributed by atoms with van der Waals surface area (Å²) in [6, 6.07) is 19.7. The molecule has 9 nitrogen and oxygen atoms in total. The van der Waals surface area contributed by atoms with Gasteiger partial charge in [0, 0.05) is 69.3 Å². The second kappa shape index (κ2) is 12.5. The van der Waals surface area contributed by atoms with Gasteiger partial charge in [0.1, 0.15) is 22.8 Å². The van der Waals surface area contributed by atoms with E-state index in [-0.39, 0.29) is 17.9 Å². The topological polar surface area (TPSA) is 84.4 Å². The molecule has 2 aliphatic heterocycles. The van der Waals surface area contributed by atoms with E-state index in [9.17, 15) is 9.59 Å². The number of piperazine rings is 1. The number of benzene rings is 3. The first-order chi connectivity index (χ1) is 21.0. The van der Waals surface area contributed by atoms with Crippen molar-refractivity contribution in [1.29, 1.82) is 0 Å². The van der Waals surface area contributed by atoms with E-state index < -0.39 is 0 Å². The highest BCUT2D eigenvalue weighted by molar-refractivity contribution is 6.07. The number of fused-ring (bicyclic) bond motifs is 2. The molecule has 0 saturated carbocycles. The summed E-state index contributed by atoms with van der Waals surface area (Å²) in [4.78, 5) is 37.6. The van der Waals surface area contributed by atoms with Crippen LogP contribution >= 0.6 is 0 Å². The van der Waals surface area contributed by atoms with Crippen LogP contribution in [0.3, 0.4) is 0 Å². The molecule has 2 fully saturated rings. The van der Waals surface area contributed by atoms with Crippen LogP contribution in [-0.2, 0) is 16.1 Å². The van der Waals surface area contributed by atoms with Gasteiger partial charge < -0.3 is 28.9 Å².